The van der Waals surface area contributed by atoms with Gasteiger partial charge in [-0.2, -0.15) is 0 Å². The quantitative estimate of drug-likeness (QED) is 0.810. The first-order chi connectivity index (χ1) is 8.11. The summed E-state index contributed by atoms with van der Waals surface area (Å²) in [5.74, 6) is 0.940. The Kier molecular flexibility index (Phi) is 4.48. The Bertz CT molecular complexity index is 221. The number of likely N-dealkylation sites (N-methyl/N-ethyl adjacent to an activating group) is 1. The van der Waals surface area contributed by atoms with Crippen LogP contribution in [0.25, 0.3) is 0 Å². The van der Waals surface area contributed by atoms with Crippen molar-refractivity contribution in [3.05, 3.63) is 0 Å². The maximum Gasteiger partial charge on any atom is 0.0220 e. The van der Waals surface area contributed by atoms with Gasteiger partial charge in [0, 0.05) is 12.6 Å². The first-order valence-corrected chi connectivity index (χ1v) is 7.50. The highest BCUT2D eigenvalue weighted by Crippen LogP contribution is 2.31. The molecule has 1 aliphatic carbocycles. The molecule has 0 spiro atoms. The smallest absolute Gasteiger partial charge is 0.0220 e. The standard InChI is InChI=1S/C15H30N2/c1-15(2)8-10-17(11-9-15)12-14(16-3)13-6-4-5-7-13/h13-14,16H,4-12H2,1-3H3. The van der Waals surface area contributed by atoms with Gasteiger partial charge >= 0.3 is 0 Å². The second-order valence-corrected chi connectivity index (χ2v) is 6.90. The number of hydrogen-bond acceptors (Lipinski definition) is 2. The van der Waals surface area contributed by atoms with Gasteiger partial charge in [0.2, 0.25) is 0 Å². The minimum Gasteiger partial charge on any atom is -0.315 e. The largest absolute Gasteiger partial charge is 0.315 e. The van der Waals surface area contributed by atoms with E-state index < -0.39 is 0 Å². The predicted molar refractivity (Wildman–Crippen MR) is 74.3 cm³/mol. The van der Waals surface area contributed by atoms with Gasteiger partial charge in [-0.3, -0.25) is 0 Å². The Morgan fingerprint density at radius 1 is 1.18 bits per heavy atom. The van der Waals surface area contributed by atoms with Crippen molar-refractivity contribution in [2.45, 2.75) is 58.4 Å². The summed E-state index contributed by atoms with van der Waals surface area (Å²) in [7, 11) is 2.15. The van der Waals surface area contributed by atoms with Crippen molar-refractivity contribution in [2.24, 2.45) is 11.3 Å². The van der Waals surface area contributed by atoms with Crippen LogP contribution in [0.3, 0.4) is 0 Å². The number of piperidine rings is 1. The van der Waals surface area contributed by atoms with E-state index in [0.29, 0.717) is 5.41 Å². The van der Waals surface area contributed by atoms with Gasteiger partial charge in [-0.15, -0.1) is 0 Å². The molecule has 2 nitrogen and oxygen atoms in total. The molecule has 0 bridgehead atoms. The SMILES string of the molecule is CNC(CN1CCC(C)(C)CC1)C1CCCC1. The van der Waals surface area contributed by atoms with Crippen molar-refractivity contribution in [1.82, 2.24) is 10.2 Å². The molecule has 17 heavy (non-hydrogen) atoms. The maximum atomic E-state index is 3.57. The van der Waals surface area contributed by atoms with Gasteiger partial charge in [-0.1, -0.05) is 26.7 Å². The number of likely N-dealkylation sites (tertiary alicyclic amines) is 1. The van der Waals surface area contributed by atoms with Gasteiger partial charge in [-0.25, -0.2) is 0 Å². The molecule has 0 amide bonds. The fourth-order valence-electron chi connectivity index (χ4n) is 3.45. The molecule has 1 aliphatic heterocycles. The number of rotatable bonds is 4. The molecule has 1 heterocycles. The van der Waals surface area contributed by atoms with Gasteiger partial charge in [0.05, 0.1) is 0 Å². The lowest BCUT2D eigenvalue weighted by Gasteiger charge is -2.39. The molecule has 0 radical (unpaired) electrons. The fourth-order valence-corrected chi connectivity index (χ4v) is 3.45. The van der Waals surface area contributed by atoms with Crippen molar-refractivity contribution in [3.63, 3.8) is 0 Å². The monoisotopic (exact) mass is 238 g/mol. The van der Waals surface area contributed by atoms with Crippen molar-refractivity contribution in [3.8, 4) is 0 Å². The Balaban J connectivity index is 1.79. The molecule has 1 saturated heterocycles. The summed E-state index contributed by atoms with van der Waals surface area (Å²) in [6.45, 7) is 8.71. The van der Waals surface area contributed by atoms with E-state index in [1.54, 1.807) is 0 Å². The molecule has 2 heteroatoms. The van der Waals surface area contributed by atoms with Crippen molar-refractivity contribution in [1.29, 1.82) is 0 Å². The van der Waals surface area contributed by atoms with Crippen LogP contribution in [0.2, 0.25) is 0 Å². The highest BCUT2D eigenvalue weighted by Gasteiger charge is 2.29. The van der Waals surface area contributed by atoms with Crippen LogP contribution in [0.1, 0.15) is 52.4 Å². The van der Waals surface area contributed by atoms with E-state index in [4.69, 9.17) is 0 Å². The second kappa shape index (κ2) is 5.71. The second-order valence-electron chi connectivity index (χ2n) is 6.90. The molecule has 0 aromatic rings. The first-order valence-electron chi connectivity index (χ1n) is 7.50. The lowest BCUT2D eigenvalue weighted by molar-refractivity contribution is 0.114. The zero-order chi connectivity index (χ0) is 12.3. The summed E-state index contributed by atoms with van der Waals surface area (Å²) in [6, 6.07) is 0.735. The van der Waals surface area contributed by atoms with Gasteiger partial charge in [0.15, 0.2) is 0 Å². The minimum atomic E-state index is 0.582. The van der Waals surface area contributed by atoms with Gasteiger partial charge in [-0.05, 0) is 57.2 Å². The minimum absolute atomic E-state index is 0.582. The van der Waals surface area contributed by atoms with E-state index in [0.717, 1.165) is 12.0 Å². The molecule has 2 rings (SSSR count). The molecule has 100 valence electrons. The van der Waals surface area contributed by atoms with Crippen LogP contribution in [0, 0.1) is 11.3 Å². The van der Waals surface area contributed by atoms with Crippen molar-refractivity contribution < 1.29 is 0 Å². The predicted octanol–water partition coefficient (Wildman–Crippen LogP) is 2.89. The van der Waals surface area contributed by atoms with Gasteiger partial charge in [0.25, 0.3) is 0 Å². The zero-order valence-electron chi connectivity index (χ0n) is 12.0. The van der Waals surface area contributed by atoms with Gasteiger partial charge in [0.1, 0.15) is 0 Å². The van der Waals surface area contributed by atoms with Crippen LogP contribution in [-0.2, 0) is 0 Å². The van der Waals surface area contributed by atoms with Crippen molar-refractivity contribution in [2.75, 3.05) is 26.7 Å². The molecular formula is C15H30N2. The van der Waals surface area contributed by atoms with Crippen LogP contribution in [0.5, 0.6) is 0 Å². The van der Waals surface area contributed by atoms with E-state index in [-0.39, 0.29) is 0 Å². The van der Waals surface area contributed by atoms with Crippen LogP contribution in [-0.4, -0.2) is 37.6 Å². The zero-order valence-corrected chi connectivity index (χ0v) is 12.0. The number of nitrogens with zero attached hydrogens (tertiary/aromatic N) is 1. The molecular weight excluding hydrogens is 208 g/mol. The van der Waals surface area contributed by atoms with Crippen LogP contribution < -0.4 is 5.32 Å². The molecule has 1 saturated carbocycles. The Morgan fingerprint density at radius 2 is 1.76 bits per heavy atom. The topological polar surface area (TPSA) is 15.3 Å². The Labute approximate surface area is 107 Å². The lowest BCUT2D eigenvalue weighted by Crippen LogP contribution is -2.47. The average Bonchev–Trinajstić information content (AvgIpc) is 2.81. The summed E-state index contributed by atoms with van der Waals surface area (Å²) in [6.07, 6.45) is 8.55. The molecule has 1 N–H and O–H groups in total. The normalized spacial score (nSPS) is 28.4. The molecule has 2 fully saturated rings. The van der Waals surface area contributed by atoms with E-state index in [1.807, 2.05) is 0 Å². The Morgan fingerprint density at radius 3 is 2.29 bits per heavy atom. The summed E-state index contributed by atoms with van der Waals surface area (Å²) >= 11 is 0. The van der Waals surface area contributed by atoms with Crippen LogP contribution in [0.4, 0.5) is 0 Å². The van der Waals surface area contributed by atoms with E-state index in [1.165, 1.54) is 58.2 Å². The summed E-state index contributed by atoms with van der Waals surface area (Å²) in [5, 5.41) is 3.57. The highest BCUT2D eigenvalue weighted by molar-refractivity contribution is 4.85. The fraction of sp³-hybridized carbons (Fsp3) is 1.00. The van der Waals surface area contributed by atoms with Crippen molar-refractivity contribution >= 4 is 0 Å². The molecule has 2 aliphatic rings. The Hall–Kier alpha value is -0.0800. The van der Waals surface area contributed by atoms with Gasteiger partial charge < -0.3 is 10.2 Å². The number of hydrogen-bond donors (Lipinski definition) is 1. The summed E-state index contributed by atoms with van der Waals surface area (Å²) < 4.78 is 0. The molecule has 1 unspecified atom stereocenters. The molecule has 0 aromatic heterocycles. The number of nitrogens with one attached hydrogen (secondary N) is 1. The third-order valence-electron chi connectivity index (χ3n) is 5.00. The summed E-state index contributed by atoms with van der Waals surface area (Å²) in [5.41, 5.74) is 0.582. The average molecular weight is 238 g/mol. The van der Waals surface area contributed by atoms with Crippen LogP contribution >= 0.6 is 0 Å². The first kappa shape index (κ1) is 13.4. The highest BCUT2D eigenvalue weighted by atomic mass is 15.2. The van der Waals surface area contributed by atoms with E-state index in [9.17, 15) is 0 Å². The third kappa shape index (κ3) is 3.69. The van der Waals surface area contributed by atoms with E-state index >= 15 is 0 Å². The molecule has 0 aromatic carbocycles. The van der Waals surface area contributed by atoms with E-state index in [2.05, 4.69) is 31.1 Å². The maximum absolute atomic E-state index is 3.57. The lowest BCUT2D eigenvalue weighted by atomic mass is 9.82. The van der Waals surface area contributed by atoms with Crippen LogP contribution in [0.15, 0.2) is 0 Å². The molecule has 1 atom stereocenters. The third-order valence-corrected chi connectivity index (χ3v) is 5.00. The summed E-state index contributed by atoms with van der Waals surface area (Å²) in [4.78, 5) is 2.69.